The van der Waals surface area contributed by atoms with Crippen LogP contribution in [0, 0.1) is 0 Å². The summed E-state index contributed by atoms with van der Waals surface area (Å²) in [5.41, 5.74) is 1.41. The first-order valence-corrected chi connectivity index (χ1v) is 14.3. The van der Waals surface area contributed by atoms with Gasteiger partial charge in [0.1, 0.15) is 5.75 Å². The number of thiocarbonyl (C=S) groups is 1. The molecule has 4 rings (SSSR count). The molecule has 3 aromatic carbocycles. The summed E-state index contributed by atoms with van der Waals surface area (Å²) in [4.78, 5) is 7.78. The summed E-state index contributed by atoms with van der Waals surface area (Å²) in [7, 11) is -6.25. The Morgan fingerprint density at radius 1 is 0.711 bits per heavy atom. The molecule has 0 bridgehead atoms. The lowest BCUT2D eigenvalue weighted by Crippen LogP contribution is -2.19. The molecule has 0 aliphatic carbocycles. The fourth-order valence-corrected chi connectivity index (χ4v) is 5.46. The smallest absolute Gasteiger partial charge is 0.264 e. The van der Waals surface area contributed by atoms with Gasteiger partial charge in [0.15, 0.2) is 5.11 Å². The molecule has 0 amide bonds. The van der Waals surface area contributed by atoms with Crippen LogP contribution in [0.1, 0.15) is 0 Å². The molecule has 196 valence electrons. The Bertz CT molecular complexity index is 1630. The minimum Gasteiger partial charge on any atom is -0.495 e. The van der Waals surface area contributed by atoms with E-state index in [2.05, 4.69) is 30.0 Å². The zero-order chi connectivity index (χ0) is 27.2. The maximum absolute atomic E-state index is 12.8. The van der Waals surface area contributed by atoms with Crippen LogP contribution in [0.5, 0.6) is 5.75 Å². The van der Waals surface area contributed by atoms with Gasteiger partial charge in [0.05, 0.1) is 22.6 Å². The van der Waals surface area contributed by atoms with E-state index in [1.54, 1.807) is 54.6 Å². The van der Waals surface area contributed by atoms with Crippen LogP contribution in [0.2, 0.25) is 0 Å². The van der Waals surface area contributed by atoms with Gasteiger partial charge in [-0.15, -0.1) is 0 Å². The molecule has 0 atom stereocenters. The van der Waals surface area contributed by atoms with Gasteiger partial charge in [-0.25, -0.2) is 31.5 Å². The number of benzene rings is 3. The summed E-state index contributed by atoms with van der Waals surface area (Å²) in [6, 6.07) is 20.2. The molecule has 0 unspecified atom stereocenters. The third-order valence-corrected chi connectivity index (χ3v) is 7.92. The van der Waals surface area contributed by atoms with Crippen molar-refractivity contribution in [2.45, 2.75) is 9.79 Å². The lowest BCUT2D eigenvalue weighted by molar-refractivity contribution is 0.417. The van der Waals surface area contributed by atoms with Crippen LogP contribution in [0.4, 0.5) is 23.0 Å². The number of methoxy groups -OCH3 is 1. The van der Waals surface area contributed by atoms with Crippen molar-refractivity contribution in [3.63, 3.8) is 0 Å². The van der Waals surface area contributed by atoms with Crippen molar-refractivity contribution in [2.75, 3.05) is 27.2 Å². The lowest BCUT2D eigenvalue weighted by Gasteiger charge is -2.13. The third-order valence-electron chi connectivity index (χ3n) is 4.99. The number of para-hydroxylation sites is 2. The fraction of sp³-hybridized carbons (Fsp3) is 0.0417. The van der Waals surface area contributed by atoms with Gasteiger partial charge < -0.3 is 15.4 Å². The first-order chi connectivity index (χ1) is 18.2. The Kier molecular flexibility index (Phi) is 8.05. The minimum absolute atomic E-state index is 0.0212. The third kappa shape index (κ3) is 6.73. The Balaban J connectivity index is 1.36. The predicted molar refractivity (Wildman–Crippen MR) is 149 cm³/mol. The van der Waals surface area contributed by atoms with E-state index in [0.29, 0.717) is 22.8 Å². The minimum atomic E-state index is -3.86. The second-order valence-electron chi connectivity index (χ2n) is 7.61. The number of hydrogen-bond acceptors (Lipinski definition) is 8. The first-order valence-electron chi connectivity index (χ1n) is 10.9. The largest absolute Gasteiger partial charge is 0.495 e. The highest BCUT2D eigenvalue weighted by molar-refractivity contribution is 7.93. The Morgan fingerprint density at radius 2 is 1.21 bits per heavy atom. The highest BCUT2D eigenvalue weighted by Gasteiger charge is 2.17. The van der Waals surface area contributed by atoms with Crippen LogP contribution in [0.25, 0.3) is 0 Å². The van der Waals surface area contributed by atoms with Crippen LogP contribution < -0.4 is 24.8 Å². The summed E-state index contributed by atoms with van der Waals surface area (Å²) in [5.74, 6) is 0.368. The zero-order valence-electron chi connectivity index (χ0n) is 19.8. The van der Waals surface area contributed by atoms with E-state index >= 15 is 0 Å². The first kappa shape index (κ1) is 26.8. The maximum atomic E-state index is 12.8. The number of aromatic nitrogens is 2. The molecule has 0 spiro atoms. The summed E-state index contributed by atoms with van der Waals surface area (Å²) >= 11 is 5.32. The molecule has 38 heavy (non-hydrogen) atoms. The number of anilines is 4. The average molecular weight is 571 g/mol. The van der Waals surface area contributed by atoms with Gasteiger partial charge in [-0.05, 0) is 78.9 Å². The standard InChI is InChI=1S/C24H22N6O5S3/c1-35-22-6-3-2-5-21(22)29-37(31,32)19-11-7-17(8-12-19)27-24(36)28-18-9-13-20(14-10-18)38(33,34)30-23-25-15-4-16-26-23/h2-16,29H,1H3,(H,25,26,30)(H2,27,28,36). The van der Waals surface area contributed by atoms with Crippen molar-refractivity contribution >= 4 is 60.4 Å². The number of nitrogens with one attached hydrogen (secondary N) is 4. The van der Waals surface area contributed by atoms with Crippen molar-refractivity contribution in [3.8, 4) is 5.75 Å². The predicted octanol–water partition coefficient (Wildman–Crippen LogP) is 3.90. The van der Waals surface area contributed by atoms with Crippen LogP contribution in [-0.2, 0) is 20.0 Å². The summed E-state index contributed by atoms with van der Waals surface area (Å²) in [6.45, 7) is 0. The molecule has 14 heteroatoms. The fourth-order valence-electron chi connectivity index (χ4n) is 3.19. The van der Waals surface area contributed by atoms with Gasteiger partial charge in [-0.2, -0.15) is 0 Å². The molecule has 11 nitrogen and oxygen atoms in total. The van der Waals surface area contributed by atoms with Gasteiger partial charge >= 0.3 is 0 Å². The molecule has 0 aliphatic heterocycles. The Morgan fingerprint density at radius 3 is 1.74 bits per heavy atom. The monoisotopic (exact) mass is 570 g/mol. The molecule has 4 N–H and O–H groups in total. The van der Waals surface area contributed by atoms with E-state index in [1.165, 1.54) is 43.8 Å². The highest BCUT2D eigenvalue weighted by Crippen LogP contribution is 2.26. The van der Waals surface area contributed by atoms with Crippen molar-refractivity contribution < 1.29 is 21.6 Å². The second-order valence-corrected chi connectivity index (χ2v) is 11.4. The van der Waals surface area contributed by atoms with E-state index in [4.69, 9.17) is 17.0 Å². The number of sulfonamides is 2. The summed E-state index contributed by atoms with van der Waals surface area (Å²) in [6.07, 6.45) is 2.86. The molecule has 0 saturated heterocycles. The SMILES string of the molecule is COc1ccccc1NS(=O)(=O)c1ccc(NC(=S)Nc2ccc(S(=O)(=O)Nc3ncccn3)cc2)cc1. The van der Waals surface area contributed by atoms with Crippen LogP contribution in [0.3, 0.4) is 0 Å². The van der Waals surface area contributed by atoms with Crippen molar-refractivity contribution in [2.24, 2.45) is 0 Å². The molecule has 0 radical (unpaired) electrons. The maximum Gasteiger partial charge on any atom is 0.264 e. The van der Waals surface area contributed by atoms with Crippen molar-refractivity contribution in [1.29, 1.82) is 0 Å². The molecule has 1 heterocycles. The lowest BCUT2D eigenvalue weighted by atomic mass is 10.3. The Labute approximate surface area is 225 Å². The normalized spacial score (nSPS) is 11.3. The van der Waals surface area contributed by atoms with E-state index in [9.17, 15) is 16.8 Å². The van der Waals surface area contributed by atoms with Crippen LogP contribution >= 0.6 is 12.2 Å². The van der Waals surface area contributed by atoms with Gasteiger partial charge in [0.2, 0.25) is 5.95 Å². The number of rotatable bonds is 9. The average Bonchev–Trinajstić information content (AvgIpc) is 2.90. The molecule has 0 fully saturated rings. The summed E-state index contributed by atoms with van der Waals surface area (Å²) < 4.78 is 60.5. The Hall–Kier alpha value is -4.27. The van der Waals surface area contributed by atoms with Gasteiger partial charge in [0, 0.05) is 23.8 Å². The van der Waals surface area contributed by atoms with Gasteiger partial charge in [0.25, 0.3) is 20.0 Å². The topological polar surface area (TPSA) is 151 Å². The van der Waals surface area contributed by atoms with Crippen molar-refractivity contribution in [1.82, 2.24) is 9.97 Å². The van der Waals surface area contributed by atoms with E-state index in [-0.39, 0.29) is 20.9 Å². The molecule has 1 aromatic heterocycles. The van der Waals surface area contributed by atoms with Crippen LogP contribution in [-0.4, -0.2) is 39.0 Å². The van der Waals surface area contributed by atoms with Crippen LogP contribution in [0.15, 0.2) is 101 Å². The van der Waals surface area contributed by atoms with Crippen molar-refractivity contribution in [3.05, 3.63) is 91.3 Å². The second kappa shape index (κ2) is 11.4. The number of hydrogen-bond donors (Lipinski definition) is 4. The number of nitrogens with zero attached hydrogens (tertiary/aromatic N) is 2. The molecule has 0 saturated carbocycles. The molecular formula is C24H22N6O5S3. The van der Waals surface area contributed by atoms with Gasteiger partial charge in [-0.3, -0.25) is 4.72 Å². The van der Waals surface area contributed by atoms with E-state index < -0.39 is 20.0 Å². The highest BCUT2D eigenvalue weighted by atomic mass is 32.2. The quantitative estimate of drug-likeness (QED) is 0.218. The van der Waals surface area contributed by atoms with Gasteiger partial charge in [-0.1, -0.05) is 12.1 Å². The molecular weight excluding hydrogens is 549 g/mol. The molecule has 4 aromatic rings. The molecule has 0 aliphatic rings. The summed E-state index contributed by atoms with van der Waals surface area (Å²) in [5, 5.41) is 6.12. The van der Waals surface area contributed by atoms with E-state index in [0.717, 1.165) is 0 Å². The van der Waals surface area contributed by atoms with E-state index in [1.807, 2.05) is 0 Å². The number of ether oxygens (including phenoxy) is 1. The zero-order valence-corrected chi connectivity index (χ0v) is 22.3.